The molecule has 0 radical (unpaired) electrons. The summed E-state index contributed by atoms with van der Waals surface area (Å²) in [7, 11) is 0. The Morgan fingerprint density at radius 1 is 1.05 bits per heavy atom. The highest BCUT2D eigenvalue weighted by molar-refractivity contribution is 5.28. The molecule has 1 heterocycles. The zero-order valence-corrected chi connectivity index (χ0v) is 13.5. The minimum atomic E-state index is 0.129. The summed E-state index contributed by atoms with van der Waals surface area (Å²) in [6.45, 7) is 3.95. The molecule has 1 aliphatic rings. The van der Waals surface area contributed by atoms with Crippen LogP contribution in [0.25, 0.3) is 0 Å². The van der Waals surface area contributed by atoms with E-state index in [1.165, 1.54) is 37.7 Å². The predicted octanol–water partition coefficient (Wildman–Crippen LogP) is 4.42. The fourth-order valence-electron chi connectivity index (χ4n) is 3.62. The Morgan fingerprint density at radius 3 is 2.38 bits per heavy atom. The van der Waals surface area contributed by atoms with Crippen molar-refractivity contribution in [1.82, 2.24) is 0 Å². The Kier molecular flexibility index (Phi) is 6.72. The van der Waals surface area contributed by atoms with E-state index < -0.39 is 0 Å². The molecular formula is C19H31NO. The SMILES string of the molecule is CCCCCCCC(N)C1(c2ccccc2)CCOCC1. The number of ether oxygens (including phenoxy) is 1. The lowest BCUT2D eigenvalue weighted by molar-refractivity contribution is 0.0385. The second kappa shape index (κ2) is 8.55. The summed E-state index contributed by atoms with van der Waals surface area (Å²) in [6, 6.07) is 11.1. The molecule has 0 saturated carbocycles. The van der Waals surface area contributed by atoms with Gasteiger partial charge in [-0.15, -0.1) is 0 Å². The van der Waals surface area contributed by atoms with Crippen LogP contribution >= 0.6 is 0 Å². The second-order valence-corrected chi connectivity index (χ2v) is 6.44. The molecule has 2 N–H and O–H groups in total. The van der Waals surface area contributed by atoms with Crippen molar-refractivity contribution in [2.24, 2.45) is 5.73 Å². The van der Waals surface area contributed by atoms with Gasteiger partial charge in [0.1, 0.15) is 0 Å². The highest BCUT2D eigenvalue weighted by atomic mass is 16.5. The van der Waals surface area contributed by atoms with E-state index in [9.17, 15) is 0 Å². The summed E-state index contributed by atoms with van der Waals surface area (Å²) in [6.07, 6.45) is 9.85. The summed E-state index contributed by atoms with van der Waals surface area (Å²) in [5.74, 6) is 0. The first kappa shape index (κ1) is 16.5. The van der Waals surface area contributed by atoms with E-state index in [-0.39, 0.29) is 11.5 Å². The van der Waals surface area contributed by atoms with Crippen LogP contribution < -0.4 is 5.73 Å². The lowest BCUT2D eigenvalue weighted by Crippen LogP contribution is -2.49. The van der Waals surface area contributed by atoms with Gasteiger partial charge in [0, 0.05) is 24.7 Å². The Hall–Kier alpha value is -0.860. The minimum Gasteiger partial charge on any atom is -0.381 e. The van der Waals surface area contributed by atoms with Crippen LogP contribution in [0.2, 0.25) is 0 Å². The van der Waals surface area contributed by atoms with Crippen molar-refractivity contribution < 1.29 is 4.74 Å². The van der Waals surface area contributed by atoms with Crippen LogP contribution in [-0.4, -0.2) is 19.3 Å². The molecule has 1 aromatic rings. The molecule has 2 rings (SSSR count). The lowest BCUT2D eigenvalue weighted by Gasteiger charge is -2.42. The Morgan fingerprint density at radius 2 is 1.71 bits per heavy atom. The lowest BCUT2D eigenvalue weighted by atomic mass is 9.68. The molecule has 1 aromatic carbocycles. The predicted molar refractivity (Wildman–Crippen MR) is 89.5 cm³/mol. The topological polar surface area (TPSA) is 35.2 Å². The number of hydrogen-bond acceptors (Lipinski definition) is 2. The highest BCUT2D eigenvalue weighted by Crippen LogP contribution is 2.38. The van der Waals surface area contributed by atoms with Gasteiger partial charge in [0.15, 0.2) is 0 Å². The smallest absolute Gasteiger partial charge is 0.0475 e. The van der Waals surface area contributed by atoms with Crippen molar-refractivity contribution in [3.8, 4) is 0 Å². The molecule has 2 heteroatoms. The second-order valence-electron chi connectivity index (χ2n) is 6.44. The summed E-state index contributed by atoms with van der Waals surface area (Å²) in [5.41, 5.74) is 8.22. The molecule has 2 nitrogen and oxygen atoms in total. The number of nitrogens with two attached hydrogens (primary N) is 1. The van der Waals surface area contributed by atoms with Crippen LogP contribution in [0.5, 0.6) is 0 Å². The van der Waals surface area contributed by atoms with Gasteiger partial charge >= 0.3 is 0 Å². The quantitative estimate of drug-likeness (QED) is 0.719. The molecular weight excluding hydrogens is 258 g/mol. The Bertz CT molecular complexity index is 384. The maximum Gasteiger partial charge on any atom is 0.0475 e. The molecule has 0 aromatic heterocycles. The Labute approximate surface area is 130 Å². The standard InChI is InChI=1S/C19H31NO/c1-2-3-4-5-9-12-18(20)19(13-15-21-16-14-19)17-10-7-6-8-11-17/h6-8,10-11,18H,2-5,9,12-16,20H2,1H3. The monoisotopic (exact) mass is 289 g/mol. The van der Waals surface area contributed by atoms with Gasteiger partial charge in [0.2, 0.25) is 0 Å². The number of hydrogen-bond donors (Lipinski definition) is 1. The van der Waals surface area contributed by atoms with E-state index in [1.807, 2.05) is 0 Å². The van der Waals surface area contributed by atoms with Gasteiger partial charge in [-0.25, -0.2) is 0 Å². The summed E-state index contributed by atoms with van der Waals surface area (Å²) in [4.78, 5) is 0. The van der Waals surface area contributed by atoms with E-state index >= 15 is 0 Å². The van der Waals surface area contributed by atoms with Crippen molar-refractivity contribution in [3.05, 3.63) is 35.9 Å². The molecule has 1 saturated heterocycles. The van der Waals surface area contributed by atoms with Crippen LogP contribution in [0.4, 0.5) is 0 Å². The highest BCUT2D eigenvalue weighted by Gasteiger charge is 2.39. The maximum absolute atomic E-state index is 6.67. The maximum atomic E-state index is 6.67. The van der Waals surface area contributed by atoms with Crippen molar-refractivity contribution >= 4 is 0 Å². The first-order chi connectivity index (χ1) is 10.3. The third kappa shape index (κ3) is 4.31. The van der Waals surface area contributed by atoms with Crippen LogP contribution in [0.1, 0.15) is 63.9 Å². The number of benzene rings is 1. The summed E-state index contributed by atoms with van der Waals surface area (Å²) in [5, 5.41) is 0. The molecule has 1 fully saturated rings. The third-order valence-electron chi connectivity index (χ3n) is 5.06. The molecule has 0 spiro atoms. The zero-order valence-electron chi connectivity index (χ0n) is 13.5. The summed E-state index contributed by atoms with van der Waals surface area (Å²) < 4.78 is 5.60. The van der Waals surface area contributed by atoms with Crippen molar-refractivity contribution in [3.63, 3.8) is 0 Å². The average molecular weight is 289 g/mol. The van der Waals surface area contributed by atoms with Gasteiger partial charge in [-0.2, -0.15) is 0 Å². The first-order valence-electron chi connectivity index (χ1n) is 8.68. The van der Waals surface area contributed by atoms with E-state index in [2.05, 4.69) is 37.3 Å². The van der Waals surface area contributed by atoms with Gasteiger partial charge in [-0.3, -0.25) is 0 Å². The zero-order chi connectivity index (χ0) is 15.0. The molecule has 1 unspecified atom stereocenters. The fraction of sp³-hybridized carbons (Fsp3) is 0.684. The van der Waals surface area contributed by atoms with E-state index in [4.69, 9.17) is 10.5 Å². The van der Waals surface area contributed by atoms with E-state index in [0.717, 1.165) is 32.5 Å². The number of rotatable bonds is 8. The minimum absolute atomic E-state index is 0.129. The average Bonchev–Trinajstić information content (AvgIpc) is 2.56. The fourth-order valence-corrected chi connectivity index (χ4v) is 3.62. The van der Waals surface area contributed by atoms with Gasteiger partial charge in [-0.1, -0.05) is 69.4 Å². The van der Waals surface area contributed by atoms with Gasteiger partial charge in [0.05, 0.1) is 0 Å². The van der Waals surface area contributed by atoms with Crippen molar-refractivity contribution in [2.75, 3.05) is 13.2 Å². The van der Waals surface area contributed by atoms with Crippen molar-refractivity contribution in [1.29, 1.82) is 0 Å². The Balaban J connectivity index is 1.99. The van der Waals surface area contributed by atoms with Crippen molar-refractivity contribution in [2.45, 2.75) is 69.7 Å². The molecule has 1 aliphatic heterocycles. The van der Waals surface area contributed by atoms with E-state index in [1.54, 1.807) is 0 Å². The summed E-state index contributed by atoms with van der Waals surface area (Å²) >= 11 is 0. The molecule has 1 atom stereocenters. The molecule has 0 aliphatic carbocycles. The first-order valence-corrected chi connectivity index (χ1v) is 8.68. The molecule has 21 heavy (non-hydrogen) atoms. The van der Waals surface area contributed by atoms with Crippen LogP contribution in [0.3, 0.4) is 0 Å². The largest absolute Gasteiger partial charge is 0.381 e. The normalized spacial score (nSPS) is 19.3. The number of unbranched alkanes of at least 4 members (excludes halogenated alkanes) is 4. The van der Waals surface area contributed by atoms with Gasteiger partial charge < -0.3 is 10.5 Å². The van der Waals surface area contributed by atoms with E-state index in [0.29, 0.717) is 0 Å². The van der Waals surface area contributed by atoms with Crippen LogP contribution in [-0.2, 0) is 10.2 Å². The third-order valence-corrected chi connectivity index (χ3v) is 5.06. The van der Waals surface area contributed by atoms with Gasteiger partial charge in [-0.05, 0) is 24.8 Å². The molecule has 118 valence electrons. The molecule has 0 amide bonds. The van der Waals surface area contributed by atoms with Crippen LogP contribution in [0, 0.1) is 0 Å². The molecule has 0 bridgehead atoms. The van der Waals surface area contributed by atoms with Crippen LogP contribution in [0.15, 0.2) is 30.3 Å². The van der Waals surface area contributed by atoms with Gasteiger partial charge in [0.25, 0.3) is 0 Å².